The molecule has 17 nitrogen and oxygen atoms in total. The third-order valence-corrected chi connectivity index (χ3v) is 11.1. The van der Waals surface area contributed by atoms with Gasteiger partial charge < -0.3 is 70.8 Å². The van der Waals surface area contributed by atoms with Crippen molar-refractivity contribution in [3.63, 3.8) is 0 Å². The van der Waals surface area contributed by atoms with Gasteiger partial charge in [0, 0.05) is 31.7 Å². The van der Waals surface area contributed by atoms with E-state index in [-0.39, 0.29) is 62.5 Å². The van der Waals surface area contributed by atoms with Crippen LogP contribution in [0.1, 0.15) is 51.4 Å². The molecular weight excluding hydrogens is 660 g/mol. The van der Waals surface area contributed by atoms with Crippen LogP contribution in [0.25, 0.3) is 0 Å². The van der Waals surface area contributed by atoms with Gasteiger partial charge in [0.05, 0.1) is 63.5 Å². The molecule has 5 fully saturated rings. The Bertz CT molecular complexity index is 1070. The lowest BCUT2D eigenvalue weighted by Gasteiger charge is -2.62. The van der Waals surface area contributed by atoms with Gasteiger partial charge in [0.15, 0.2) is 0 Å². The summed E-state index contributed by atoms with van der Waals surface area (Å²) in [7, 11) is 0. The van der Waals surface area contributed by atoms with E-state index in [9.17, 15) is 50.9 Å². The van der Waals surface area contributed by atoms with Crippen molar-refractivity contribution in [2.75, 3.05) is 65.8 Å². The number of likely N-dealkylation sites (tertiary alicyclic amines) is 1. The first-order chi connectivity index (χ1) is 23.8. The maximum Gasteiger partial charge on any atom is 0.237 e. The van der Waals surface area contributed by atoms with Gasteiger partial charge in [0.2, 0.25) is 5.91 Å². The molecule has 11 N–H and O–H groups in total. The molecule has 50 heavy (non-hydrogen) atoms. The first-order valence-corrected chi connectivity index (χ1v) is 17.8. The second-order valence-electron chi connectivity index (χ2n) is 15.0. The highest BCUT2D eigenvalue weighted by molar-refractivity contribution is 5.79. The van der Waals surface area contributed by atoms with Gasteiger partial charge in [-0.05, 0) is 63.2 Å². The average Bonchev–Trinajstić information content (AvgIpc) is 3.58. The summed E-state index contributed by atoms with van der Waals surface area (Å²) >= 11 is 0. The molecular formula is C33H58N4O13. The van der Waals surface area contributed by atoms with Crippen molar-refractivity contribution in [2.45, 2.75) is 117 Å². The summed E-state index contributed by atoms with van der Waals surface area (Å²) in [4.78, 5) is 16.0. The third kappa shape index (κ3) is 10.3. The van der Waals surface area contributed by atoms with E-state index in [0.717, 1.165) is 44.9 Å². The molecule has 4 saturated carbocycles. The van der Waals surface area contributed by atoms with Crippen molar-refractivity contribution in [1.29, 1.82) is 5.26 Å². The molecule has 1 aliphatic heterocycles. The number of hydrogen-bond donors (Lipinski definition) is 11. The quantitative estimate of drug-likeness (QED) is 0.0470. The van der Waals surface area contributed by atoms with E-state index in [1.54, 1.807) is 4.90 Å². The lowest BCUT2D eigenvalue weighted by molar-refractivity contribution is -0.182. The summed E-state index contributed by atoms with van der Waals surface area (Å²) in [5.41, 5.74) is -0.528. The fraction of sp³-hybridized carbons (Fsp3) is 0.939. The number of carbonyl (C=O) groups excluding carboxylic acids is 1. The maximum atomic E-state index is 13.0. The Balaban J connectivity index is 1.27. The molecule has 4 bridgehead atoms. The molecule has 1 amide bonds. The van der Waals surface area contributed by atoms with Gasteiger partial charge >= 0.3 is 0 Å². The third-order valence-electron chi connectivity index (χ3n) is 11.1. The van der Waals surface area contributed by atoms with Gasteiger partial charge in [0.25, 0.3) is 0 Å². The van der Waals surface area contributed by atoms with Crippen LogP contribution in [0.15, 0.2) is 0 Å². The fourth-order valence-electron chi connectivity index (χ4n) is 8.86. The summed E-state index contributed by atoms with van der Waals surface area (Å²) in [5, 5.41) is 112. The SMILES string of the molecule is N#CC1CCCN1C(=O)CNC12CC3C[C@@H](C1)CC(OCCOCCN(C[C@H](O)[C@@H](O)[C@H](O)[C@H](O)CO)C[C@H](O)[C@@H](O)[C@H](O)[C@H](O)CO)(C3)C2. The van der Waals surface area contributed by atoms with Crippen LogP contribution in [0.4, 0.5) is 0 Å². The number of nitriles is 1. The smallest absolute Gasteiger partial charge is 0.237 e. The van der Waals surface area contributed by atoms with Gasteiger partial charge in [-0.25, -0.2) is 0 Å². The molecule has 17 heteroatoms. The van der Waals surface area contributed by atoms with Crippen LogP contribution in [0.2, 0.25) is 0 Å². The average molecular weight is 719 g/mol. The highest BCUT2D eigenvalue weighted by Gasteiger charge is 2.58. The standard InChI is InChI=1S/C33H58N4O13/c34-13-22-2-1-3-37(22)27(44)14-35-32-9-20-8-21(10-32)12-33(11-20,19-32)50-7-6-49-5-4-36(15-23(40)28(45)30(47)25(42)17-38)16-24(41)29(46)31(48)26(43)18-39/h20-26,28-31,35,38-43,45-48H,1-12,14-19H2/t20-,21?,22?,23-,24-,25+,26+,28+,29+,30+,31+,32?,33?/m0/s1. The minimum absolute atomic E-state index is 0.0378. The summed E-state index contributed by atoms with van der Waals surface area (Å²) in [6, 6.07) is 1.88. The molecule has 0 aromatic heterocycles. The van der Waals surface area contributed by atoms with Gasteiger partial charge in [0.1, 0.15) is 42.7 Å². The largest absolute Gasteiger partial charge is 0.394 e. The number of aliphatic hydroxyl groups excluding tert-OH is 10. The number of nitrogens with zero attached hydrogens (tertiary/aromatic N) is 3. The van der Waals surface area contributed by atoms with Crippen molar-refractivity contribution in [3.8, 4) is 6.07 Å². The molecule has 1 heterocycles. The molecule has 0 aromatic carbocycles. The zero-order valence-electron chi connectivity index (χ0n) is 28.6. The Hall–Kier alpha value is -1.60. The Kier molecular flexibility index (Phi) is 15.2. The molecule has 13 atom stereocenters. The molecule has 0 aromatic rings. The fourth-order valence-corrected chi connectivity index (χ4v) is 8.86. The molecule has 0 radical (unpaired) electrons. The number of carbonyl (C=O) groups is 1. The number of amides is 1. The second kappa shape index (κ2) is 18.4. The van der Waals surface area contributed by atoms with E-state index in [2.05, 4.69) is 11.4 Å². The van der Waals surface area contributed by atoms with Gasteiger partial charge in [-0.15, -0.1) is 0 Å². The summed E-state index contributed by atoms with van der Waals surface area (Å²) in [5.74, 6) is 0.943. The van der Waals surface area contributed by atoms with E-state index in [1.165, 1.54) is 4.90 Å². The number of nitrogens with one attached hydrogen (secondary N) is 1. The molecule has 4 aliphatic carbocycles. The van der Waals surface area contributed by atoms with E-state index in [4.69, 9.17) is 19.7 Å². The van der Waals surface area contributed by atoms with Crippen molar-refractivity contribution in [3.05, 3.63) is 0 Å². The van der Waals surface area contributed by atoms with Crippen LogP contribution in [-0.2, 0) is 14.3 Å². The first kappa shape index (κ1) is 41.2. The van der Waals surface area contributed by atoms with Gasteiger partial charge in [-0.2, -0.15) is 5.26 Å². The molecule has 5 rings (SSSR count). The monoisotopic (exact) mass is 718 g/mol. The van der Waals surface area contributed by atoms with Crippen LogP contribution in [0.3, 0.4) is 0 Å². The molecule has 288 valence electrons. The maximum absolute atomic E-state index is 13.0. The molecule has 0 spiro atoms. The number of ether oxygens (including phenoxy) is 2. The minimum atomic E-state index is -1.87. The van der Waals surface area contributed by atoms with Crippen LogP contribution < -0.4 is 5.32 Å². The van der Waals surface area contributed by atoms with Crippen molar-refractivity contribution in [1.82, 2.24) is 15.1 Å². The van der Waals surface area contributed by atoms with Crippen molar-refractivity contribution >= 4 is 5.91 Å². The van der Waals surface area contributed by atoms with Crippen LogP contribution in [-0.4, -0.2) is 199 Å². The lowest BCUT2D eigenvalue weighted by Crippen LogP contribution is -2.66. The molecule has 4 unspecified atom stereocenters. The minimum Gasteiger partial charge on any atom is -0.394 e. The predicted octanol–water partition coefficient (Wildman–Crippen LogP) is -4.61. The van der Waals surface area contributed by atoms with Gasteiger partial charge in [-0.3, -0.25) is 9.69 Å². The van der Waals surface area contributed by atoms with E-state index >= 15 is 0 Å². The first-order valence-electron chi connectivity index (χ1n) is 17.8. The van der Waals surface area contributed by atoms with E-state index in [1.807, 2.05) is 0 Å². The van der Waals surface area contributed by atoms with E-state index in [0.29, 0.717) is 31.4 Å². The summed E-state index contributed by atoms with van der Waals surface area (Å²) < 4.78 is 12.3. The normalized spacial score (nSPS) is 32.4. The van der Waals surface area contributed by atoms with Crippen LogP contribution in [0.5, 0.6) is 0 Å². The Labute approximate surface area is 292 Å². The topological polar surface area (TPSA) is 280 Å². The number of rotatable bonds is 22. The molecule has 1 saturated heterocycles. The van der Waals surface area contributed by atoms with Crippen LogP contribution in [0, 0.1) is 23.2 Å². The Morgan fingerprint density at radius 1 is 0.840 bits per heavy atom. The predicted molar refractivity (Wildman–Crippen MR) is 174 cm³/mol. The molecule has 5 aliphatic rings. The highest BCUT2D eigenvalue weighted by atomic mass is 16.5. The summed E-state index contributed by atoms with van der Waals surface area (Å²) in [6.07, 6.45) is -6.92. The lowest BCUT2D eigenvalue weighted by atomic mass is 9.51. The highest BCUT2D eigenvalue weighted by Crippen LogP contribution is 2.58. The zero-order valence-corrected chi connectivity index (χ0v) is 28.6. The number of hydrogen-bond acceptors (Lipinski definition) is 16. The van der Waals surface area contributed by atoms with Crippen molar-refractivity contribution < 1.29 is 65.3 Å². The van der Waals surface area contributed by atoms with Crippen LogP contribution >= 0.6 is 0 Å². The van der Waals surface area contributed by atoms with Crippen molar-refractivity contribution in [2.24, 2.45) is 11.8 Å². The Morgan fingerprint density at radius 2 is 1.40 bits per heavy atom. The van der Waals surface area contributed by atoms with Gasteiger partial charge in [-0.1, -0.05) is 0 Å². The summed E-state index contributed by atoms with van der Waals surface area (Å²) in [6.45, 7) is -1.04. The number of aliphatic hydroxyl groups is 10. The zero-order chi connectivity index (χ0) is 36.6. The second-order valence-corrected chi connectivity index (χ2v) is 15.0. The van der Waals surface area contributed by atoms with E-state index < -0.39 is 62.0 Å². The Morgan fingerprint density at radius 3 is 1.94 bits per heavy atom.